The van der Waals surface area contributed by atoms with E-state index in [0.29, 0.717) is 17.7 Å². The van der Waals surface area contributed by atoms with Crippen LogP contribution in [-0.2, 0) is 14.8 Å². The number of amides is 1. The fraction of sp³-hybridized carbons (Fsp3) is 0.269. The number of aryl methyl sites for hydroxylation is 3. The number of benzene rings is 3. The lowest BCUT2D eigenvalue weighted by Crippen LogP contribution is -2.43. The highest BCUT2D eigenvalue weighted by Crippen LogP contribution is 2.43. The van der Waals surface area contributed by atoms with Crippen LogP contribution in [0.5, 0.6) is 0 Å². The van der Waals surface area contributed by atoms with E-state index in [-0.39, 0.29) is 23.4 Å². The summed E-state index contributed by atoms with van der Waals surface area (Å²) in [6.45, 7) is 7.78. The van der Waals surface area contributed by atoms with Gasteiger partial charge in [0.25, 0.3) is 10.0 Å². The topological polar surface area (TPSA) is 66.5 Å². The number of hydrogen-bond donors (Lipinski definition) is 1. The molecule has 1 aliphatic heterocycles. The Labute approximate surface area is 190 Å². The molecule has 0 bridgehead atoms. The second-order valence-electron chi connectivity index (χ2n) is 8.42. The SMILES string of the molecule is CC[C@@H](NC(=O)CN1c2ccc(C)cc2-c2ccccc2S1(=O)=O)c1ccc(C)cc1C. The Morgan fingerprint density at radius 2 is 1.62 bits per heavy atom. The molecular formula is C26H28N2O3S. The first kappa shape index (κ1) is 22.1. The van der Waals surface area contributed by atoms with Crippen molar-refractivity contribution < 1.29 is 13.2 Å². The summed E-state index contributed by atoms with van der Waals surface area (Å²) < 4.78 is 28.1. The van der Waals surface area contributed by atoms with Crippen molar-refractivity contribution in [3.8, 4) is 11.1 Å². The van der Waals surface area contributed by atoms with E-state index in [1.165, 1.54) is 4.31 Å². The number of nitrogens with zero attached hydrogens (tertiary/aromatic N) is 1. The van der Waals surface area contributed by atoms with Gasteiger partial charge in [-0.2, -0.15) is 0 Å². The lowest BCUT2D eigenvalue weighted by atomic mass is 9.97. The molecule has 0 spiro atoms. The van der Waals surface area contributed by atoms with Crippen molar-refractivity contribution in [2.75, 3.05) is 10.8 Å². The first-order valence-corrected chi connectivity index (χ1v) is 12.3. The molecule has 32 heavy (non-hydrogen) atoms. The van der Waals surface area contributed by atoms with E-state index in [1.807, 2.05) is 64.1 Å². The second-order valence-corrected chi connectivity index (χ2v) is 10.2. The molecule has 1 aliphatic rings. The molecule has 3 aromatic carbocycles. The first-order valence-electron chi connectivity index (χ1n) is 10.8. The number of carbonyl (C=O) groups is 1. The summed E-state index contributed by atoms with van der Waals surface area (Å²) >= 11 is 0. The zero-order valence-corrected chi connectivity index (χ0v) is 19.7. The van der Waals surface area contributed by atoms with Gasteiger partial charge in [-0.25, -0.2) is 8.42 Å². The third-order valence-electron chi connectivity index (χ3n) is 6.00. The smallest absolute Gasteiger partial charge is 0.265 e. The average Bonchev–Trinajstić information content (AvgIpc) is 2.75. The van der Waals surface area contributed by atoms with Gasteiger partial charge >= 0.3 is 0 Å². The van der Waals surface area contributed by atoms with Gasteiger partial charge in [-0.05, 0) is 56.5 Å². The van der Waals surface area contributed by atoms with Gasteiger partial charge < -0.3 is 5.32 Å². The van der Waals surface area contributed by atoms with E-state index < -0.39 is 10.0 Å². The van der Waals surface area contributed by atoms with Gasteiger partial charge in [0, 0.05) is 11.1 Å². The Bertz CT molecular complexity index is 1300. The zero-order valence-electron chi connectivity index (χ0n) is 18.8. The molecule has 0 aliphatic carbocycles. The van der Waals surface area contributed by atoms with E-state index in [0.717, 1.165) is 27.8 Å². The lowest BCUT2D eigenvalue weighted by Gasteiger charge is -2.32. The summed E-state index contributed by atoms with van der Waals surface area (Å²) in [6, 6.07) is 18.6. The van der Waals surface area contributed by atoms with Crippen LogP contribution < -0.4 is 9.62 Å². The predicted octanol–water partition coefficient (Wildman–Crippen LogP) is 5.06. The molecule has 0 aromatic heterocycles. The Morgan fingerprint density at radius 3 is 2.34 bits per heavy atom. The molecule has 166 valence electrons. The highest BCUT2D eigenvalue weighted by Gasteiger charge is 2.36. The van der Waals surface area contributed by atoms with Crippen LogP contribution in [0, 0.1) is 20.8 Å². The summed E-state index contributed by atoms with van der Waals surface area (Å²) in [6.07, 6.45) is 0.709. The van der Waals surface area contributed by atoms with Crippen LogP contribution in [0.2, 0.25) is 0 Å². The number of rotatable bonds is 5. The normalized spacial score (nSPS) is 14.9. The monoisotopic (exact) mass is 448 g/mol. The van der Waals surface area contributed by atoms with Gasteiger partial charge in [0.1, 0.15) is 6.54 Å². The molecule has 3 aromatic rings. The zero-order chi connectivity index (χ0) is 23.0. The molecule has 0 fully saturated rings. The fourth-order valence-electron chi connectivity index (χ4n) is 4.40. The Kier molecular flexibility index (Phi) is 5.82. The highest BCUT2D eigenvalue weighted by atomic mass is 32.2. The number of carbonyl (C=O) groups excluding carboxylic acids is 1. The molecule has 0 radical (unpaired) electrons. The van der Waals surface area contributed by atoms with Gasteiger partial charge in [0.2, 0.25) is 5.91 Å². The second kappa shape index (κ2) is 8.43. The van der Waals surface area contributed by atoms with Crippen molar-refractivity contribution >= 4 is 21.6 Å². The van der Waals surface area contributed by atoms with E-state index >= 15 is 0 Å². The van der Waals surface area contributed by atoms with Gasteiger partial charge in [-0.15, -0.1) is 0 Å². The minimum absolute atomic E-state index is 0.180. The number of nitrogens with one attached hydrogen (secondary N) is 1. The van der Waals surface area contributed by atoms with Crippen molar-refractivity contribution in [2.45, 2.75) is 45.1 Å². The van der Waals surface area contributed by atoms with Gasteiger partial charge in [0.15, 0.2) is 0 Å². The maximum atomic E-state index is 13.5. The van der Waals surface area contributed by atoms with Crippen LogP contribution >= 0.6 is 0 Å². The molecule has 0 saturated carbocycles. The molecular weight excluding hydrogens is 420 g/mol. The Morgan fingerprint density at radius 1 is 0.938 bits per heavy atom. The average molecular weight is 449 g/mol. The minimum atomic E-state index is -3.85. The maximum absolute atomic E-state index is 13.5. The van der Waals surface area contributed by atoms with Crippen molar-refractivity contribution in [1.82, 2.24) is 5.32 Å². The van der Waals surface area contributed by atoms with E-state index in [1.54, 1.807) is 18.2 Å². The summed E-state index contributed by atoms with van der Waals surface area (Å²) in [5, 5.41) is 3.05. The van der Waals surface area contributed by atoms with Crippen LogP contribution in [0.4, 0.5) is 5.69 Å². The van der Waals surface area contributed by atoms with Crippen LogP contribution in [0.3, 0.4) is 0 Å². The molecule has 1 N–H and O–H groups in total. The highest BCUT2D eigenvalue weighted by molar-refractivity contribution is 7.93. The first-order chi connectivity index (χ1) is 15.2. The molecule has 4 rings (SSSR count). The van der Waals surface area contributed by atoms with Crippen LogP contribution in [0.1, 0.15) is 41.6 Å². The van der Waals surface area contributed by atoms with Crippen molar-refractivity contribution in [2.24, 2.45) is 0 Å². The quantitative estimate of drug-likeness (QED) is 0.594. The van der Waals surface area contributed by atoms with Gasteiger partial charge in [-0.3, -0.25) is 9.10 Å². The van der Waals surface area contributed by atoms with Gasteiger partial charge in [0.05, 0.1) is 16.6 Å². The molecule has 0 saturated heterocycles. The largest absolute Gasteiger partial charge is 0.348 e. The third kappa shape index (κ3) is 3.91. The fourth-order valence-corrected chi connectivity index (χ4v) is 6.05. The standard InChI is InChI=1S/C26H28N2O3S/c1-5-23(20-12-10-17(2)14-19(20)4)27-26(29)16-28-24-13-11-18(3)15-22(24)21-8-6-7-9-25(21)32(28,30)31/h6-15,23H,5,16H2,1-4H3,(H,27,29)/t23-/m1/s1. The molecule has 1 heterocycles. The Hall–Kier alpha value is -3.12. The molecule has 6 heteroatoms. The summed E-state index contributed by atoms with van der Waals surface area (Å²) in [4.78, 5) is 13.3. The predicted molar refractivity (Wildman–Crippen MR) is 128 cm³/mol. The lowest BCUT2D eigenvalue weighted by molar-refractivity contribution is -0.120. The third-order valence-corrected chi connectivity index (χ3v) is 7.82. The van der Waals surface area contributed by atoms with Gasteiger partial charge in [-0.1, -0.05) is 60.5 Å². The van der Waals surface area contributed by atoms with Crippen LogP contribution in [0.15, 0.2) is 65.6 Å². The number of anilines is 1. The number of fused-ring (bicyclic) bond motifs is 3. The van der Waals surface area contributed by atoms with Crippen molar-refractivity contribution in [3.05, 3.63) is 82.9 Å². The van der Waals surface area contributed by atoms with Crippen molar-refractivity contribution in [1.29, 1.82) is 0 Å². The maximum Gasteiger partial charge on any atom is 0.265 e. The minimum Gasteiger partial charge on any atom is -0.348 e. The molecule has 5 nitrogen and oxygen atoms in total. The summed E-state index contributed by atoms with van der Waals surface area (Å²) in [7, 11) is -3.85. The Balaban J connectivity index is 1.67. The summed E-state index contributed by atoms with van der Waals surface area (Å²) in [5.74, 6) is -0.327. The molecule has 1 atom stereocenters. The number of hydrogen-bond acceptors (Lipinski definition) is 3. The number of sulfonamides is 1. The summed E-state index contributed by atoms with van der Waals surface area (Å²) in [5.41, 5.74) is 6.38. The van der Waals surface area contributed by atoms with E-state index in [9.17, 15) is 13.2 Å². The van der Waals surface area contributed by atoms with Crippen molar-refractivity contribution in [3.63, 3.8) is 0 Å². The molecule has 1 amide bonds. The van der Waals surface area contributed by atoms with E-state index in [4.69, 9.17) is 0 Å². The molecule has 0 unspecified atom stereocenters. The van der Waals surface area contributed by atoms with Crippen LogP contribution in [-0.4, -0.2) is 20.9 Å². The van der Waals surface area contributed by atoms with E-state index in [2.05, 4.69) is 11.4 Å². The van der Waals surface area contributed by atoms with Crippen LogP contribution in [0.25, 0.3) is 11.1 Å².